The van der Waals surface area contributed by atoms with Crippen molar-refractivity contribution in [3.05, 3.63) is 41.8 Å². The van der Waals surface area contributed by atoms with Crippen molar-refractivity contribution in [2.24, 2.45) is 4.99 Å². The summed E-state index contributed by atoms with van der Waals surface area (Å²) in [5.41, 5.74) is 0.480. The highest BCUT2D eigenvalue weighted by Crippen LogP contribution is 2.21. The monoisotopic (exact) mass is 388 g/mol. The SMILES string of the molecule is CCNC(=NCc1noc(C(C)(C)C)n1)N1CCN(c2ccccc2F)CC1. The van der Waals surface area contributed by atoms with Crippen LogP contribution in [-0.4, -0.2) is 53.7 Å². The minimum Gasteiger partial charge on any atom is -0.366 e. The third kappa shape index (κ3) is 4.79. The van der Waals surface area contributed by atoms with Crippen LogP contribution in [0.1, 0.15) is 39.4 Å². The Morgan fingerprint density at radius 2 is 1.93 bits per heavy atom. The molecule has 3 rings (SSSR count). The van der Waals surface area contributed by atoms with Crippen LogP contribution < -0.4 is 10.2 Å². The molecule has 2 heterocycles. The third-order valence-corrected chi connectivity index (χ3v) is 4.59. The summed E-state index contributed by atoms with van der Waals surface area (Å²) in [5, 5.41) is 7.35. The standard InChI is InChI=1S/C20H29FN6O/c1-5-22-19(23-14-17-24-18(28-25-17)20(2,3)4)27-12-10-26(11-13-27)16-9-7-6-8-15(16)21/h6-9H,5,10-14H2,1-4H3,(H,22,23). The molecule has 8 heteroatoms. The van der Waals surface area contributed by atoms with E-state index in [9.17, 15) is 4.39 Å². The maximum absolute atomic E-state index is 14.0. The van der Waals surface area contributed by atoms with Crippen LogP contribution >= 0.6 is 0 Å². The normalized spacial score (nSPS) is 15.8. The van der Waals surface area contributed by atoms with Crippen molar-refractivity contribution in [2.45, 2.75) is 39.7 Å². The van der Waals surface area contributed by atoms with E-state index >= 15 is 0 Å². The van der Waals surface area contributed by atoms with Gasteiger partial charge < -0.3 is 19.6 Å². The lowest BCUT2D eigenvalue weighted by molar-refractivity contribution is 0.318. The fourth-order valence-electron chi connectivity index (χ4n) is 3.06. The zero-order valence-electron chi connectivity index (χ0n) is 17.1. The molecule has 1 aliphatic heterocycles. The molecule has 1 aromatic carbocycles. The number of nitrogens with one attached hydrogen (secondary N) is 1. The number of para-hydroxylation sites is 1. The number of rotatable bonds is 4. The van der Waals surface area contributed by atoms with Crippen LogP contribution in [0.2, 0.25) is 0 Å². The van der Waals surface area contributed by atoms with E-state index in [-0.39, 0.29) is 11.2 Å². The predicted molar refractivity (Wildman–Crippen MR) is 108 cm³/mol. The van der Waals surface area contributed by atoms with Gasteiger partial charge in [0.15, 0.2) is 11.8 Å². The molecule has 1 saturated heterocycles. The summed E-state index contributed by atoms with van der Waals surface area (Å²) in [4.78, 5) is 13.4. The maximum atomic E-state index is 14.0. The van der Waals surface area contributed by atoms with E-state index in [2.05, 4.69) is 30.2 Å². The van der Waals surface area contributed by atoms with Gasteiger partial charge in [-0.2, -0.15) is 4.98 Å². The van der Waals surface area contributed by atoms with Crippen LogP contribution in [0.4, 0.5) is 10.1 Å². The second-order valence-electron chi connectivity index (χ2n) is 7.86. The first kappa shape index (κ1) is 20.1. The molecule has 2 aromatic rings. The molecule has 0 aliphatic carbocycles. The number of hydrogen-bond donors (Lipinski definition) is 1. The van der Waals surface area contributed by atoms with E-state index < -0.39 is 0 Å². The van der Waals surface area contributed by atoms with Crippen molar-refractivity contribution in [1.29, 1.82) is 0 Å². The van der Waals surface area contributed by atoms with E-state index in [0.29, 0.717) is 23.9 Å². The van der Waals surface area contributed by atoms with Gasteiger partial charge in [0.05, 0.1) is 5.69 Å². The molecule has 1 aromatic heterocycles. The van der Waals surface area contributed by atoms with Gasteiger partial charge in [-0.1, -0.05) is 38.1 Å². The molecule has 0 spiro atoms. The van der Waals surface area contributed by atoms with Gasteiger partial charge in [-0.05, 0) is 19.1 Å². The minimum atomic E-state index is -0.178. The number of aromatic nitrogens is 2. The molecule has 1 N–H and O–H groups in total. The summed E-state index contributed by atoms with van der Waals surface area (Å²) < 4.78 is 19.4. The smallest absolute Gasteiger partial charge is 0.232 e. The van der Waals surface area contributed by atoms with Crippen LogP contribution in [0.5, 0.6) is 0 Å². The lowest BCUT2D eigenvalue weighted by atomic mass is 9.97. The van der Waals surface area contributed by atoms with Gasteiger partial charge in [-0.3, -0.25) is 0 Å². The number of halogens is 1. The van der Waals surface area contributed by atoms with Crippen LogP contribution in [0.3, 0.4) is 0 Å². The summed E-state index contributed by atoms with van der Waals surface area (Å²) >= 11 is 0. The van der Waals surface area contributed by atoms with Crippen molar-refractivity contribution < 1.29 is 8.91 Å². The fraction of sp³-hybridized carbons (Fsp3) is 0.550. The first-order valence-electron chi connectivity index (χ1n) is 9.74. The highest BCUT2D eigenvalue weighted by atomic mass is 19.1. The van der Waals surface area contributed by atoms with Crippen LogP contribution in [0, 0.1) is 5.82 Å². The summed E-state index contributed by atoms with van der Waals surface area (Å²) in [6.07, 6.45) is 0. The third-order valence-electron chi connectivity index (χ3n) is 4.59. The number of anilines is 1. The first-order chi connectivity index (χ1) is 13.4. The van der Waals surface area contributed by atoms with E-state index in [1.165, 1.54) is 6.07 Å². The minimum absolute atomic E-state index is 0.178. The van der Waals surface area contributed by atoms with E-state index in [4.69, 9.17) is 4.52 Å². The molecule has 1 fully saturated rings. The molecule has 0 atom stereocenters. The number of nitrogens with zero attached hydrogens (tertiary/aromatic N) is 5. The largest absolute Gasteiger partial charge is 0.366 e. The van der Waals surface area contributed by atoms with Gasteiger partial charge in [0.1, 0.15) is 12.4 Å². The second kappa shape index (κ2) is 8.58. The Kier molecular flexibility index (Phi) is 6.16. The lowest BCUT2D eigenvalue weighted by Gasteiger charge is -2.37. The van der Waals surface area contributed by atoms with E-state index in [1.807, 2.05) is 39.8 Å². The van der Waals surface area contributed by atoms with Gasteiger partial charge in [-0.15, -0.1) is 0 Å². The Morgan fingerprint density at radius 1 is 1.21 bits per heavy atom. The number of aliphatic imine (C=N–C) groups is 1. The van der Waals surface area contributed by atoms with Gasteiger partial charge in [0.2, 0.25) is 5.89 Å². The molecule has 0 radical (unpaired) electrons. The summed E-state index contributed by atoms with van der Waals surface area (Å²) in [7, 11) is 0. The van der Waals surface area contributed by atoms with Crippen molar-refractivity contribution in [3.8, 4) is 0 Å². The molecular formula is C20H29FN6O. The number of guanidine groups is 1. The summed E-state index contributed by atoms with van der Waals surface area (Å²) in [6.45, 7) is 12.3. The van der Waals surface area contributed by atoms with Crippen LogP contribution in [0.15, 0.2) is 33.8 Å². The zero-order valence-corrected chi connectivity index (χ0v) is 17.1. The Hall–Kier alpha value is -2.64. The zero-order chi connectivity index (χ0) is 20.1. The van der Waals surface area contributed by atoms with E-state index in [1.54, 1.807) is 6.07 Å². The Labute approximate surface area is 165 Å². The van der Waals surface area contributed by atoms with Gasteiger partial charge in [0, 0.05) is 38.1 Å². The summed E-state index contributed by atoms with van der Waals surface area (Å²) in [6, 6.07) is 6.92. The molecule has 28 heavy (non-hydrogen) atoms. The van der Waals surface area contributed by atoms with Crippen molar-refractivity contribution in [2.75, 3.05) is 37.6 Å². The van der Waals surface area contributed by atoms with Crippen molar-refractivity contribution in [1.82, 2.24) is 20.4 Å². The van der Waals surface area contributed by atoms with E-state index in [0.717, 1.165) is 38.7 Å². The fourth-order valence-corrected chi connectivity index (χ4v) is 3.06. The number of benzene rings is 1. The molecule has 1 aliphatic rings. The van der Waals surface area contributed by atoms with Gasteiger partial charge in [0.25, 0.3) is 0 Å². The van der Waals surface area contributed by atoms with Gasteiger partial charge >= 0.3 is 0 Å². The molecule has 152 valence electrons. The summed E-state index contributed by atoms with van der Waals surface area (Å²) in [5.74, 6) is 1.83. The molecule has 0 saturated carbocycles. The van der Waals surface area contributed by atoms with Crippen LogP contribution in [0.25, 0.3) is 0 Å². The Balaban J connectivity index is 1.64. The highest BCUT2D eigenvalue weighted by molar-refractivity contribution is 5.80. The maximum Gasteiger partial charge on any atom is 0.232 e. The Morgan fingerprint density at radius 3 is 2.54 bits per heavy atom. The average molecular weight is 388 g/mol. The molecular weight excluding hydrogens is 359 g/mol. The van der Waals surface area contributed by atoms with Crippen molar-refractivity contribution >= 4 is 11.6 Å². The molecule has 0 unspecified atom stereocenters. The molecule has 7 nitrogen and oxygen atoms in total. The quantitative estimate of drug-likeness (QED) is 0.642. The number of piperazine rings is 1. The highest BCUT2D eigenvalue weighted by Gasteiger charge is 2.23. The lowest BCUT2D eigenvalue weighted by Crippen LogP contribution is -2.52. The second-order valence-corrected chi connectivity index (χ2v) is 7.86. The average Bonchev–Trinajstić information content (AvgIpc) is 3.15. The van der Waals surface area contributed by atoms with Crippen LogP contribution in [-0.2, 0) is 12.0 Å². The predicted octanol–water partition coefficient (Wildman–Crippen LogP) is 2.79. The number of hydrogen-bond acceptors (Lipinski definition) is 5. The topological polar surface area (TPSA) is 69.8 Å². The first-order valence-corrected chi connectivity index (χ1v) is 9.74. The molecule has 0 amide bonds. The molecule has 0 bridgehead atoms. The Bertz CT molecular complexity index is 805. The van der Waals surface area contributed by atoms with Gasteiger partial charge in [-0.25, -0.2) is 9.38 Å². The van der Waals surface area contributed by atoms with Crippen molar-refractivity contribution in [3.63, 3.8) is 0 Å².